The van der Waals surface area contributed by atoms with Crippen molar-refractivity contribution in [1.82, 2.24) is 5.43 Å². The SMILES string of the molecule is Cc1ccc(C(=O)N/N=C2/C[C@@H]3CC[C@]2(C)C3(C)C)cc1S(N)(=O)=O. The maximum absolute atomic E-state index is 12.4. The number of rotatable bonds is 3. The summed E-state index contributed by atoms with van der Waals surface area (Å²) in [5.74, 6) is 0.170. The smallest absolute Gasteiger partial charge is 0.267 e. The number of hydrogen-bond acceptors (Lipinski definition) is 4. The monoisotopic (exact) mass is 363 g/mol. The van der Waals surface area contributed by atoms with Gasteiger partial charge in [-0.15, -0.1) is 0 Å². The third-order valence-electron chi connectivity index (χ3n) is 6.56. The molecule has 2 aliphatic carbocycles. The predicted octanol–water partition coefficient (Wildman–Crippen LogP) is 2.57. The molecule has 136 valence electrons. The van der Waals surface area contributed by atoms with E-state index < -0.39 is 15.9 Å². The first-order chi connectivity index (χ1) is 11.5. The largest absolute Gasteiger partial charge is 0.271 e. The van der Waals surface area contributed by atoms with Gasteiger partial charge in [-0.05, 0) is 55.2 Å². The first-order valence-electron chi connectivity index (χ1n) is 8.47. The van der Waals surface area contributed by atoms with Crippen LogP contribution in [0.1, 0.15) is 56.0 Å². The van der Waals surface area contributed by atoms with Crippen LogP contribution in [0.3, 0.4) is 0 Å². The Morgan fingerprint density at radius 3 is 2.52 bits per heavy atom. The number of hydrazone groups is 1. The fourth-order valence-electron chi connectivity index (χ4n) is 4.33. The third kappa shape index (κ3) is 2.79. The number of benzene rings is 1. The normalized spacial score (nSPS) is 29.2. The average molecular weight is 363 g/mol. The summed E-state index contributed by atoms with van der Waals surface area (Å²) in [7, 11) is -3.87. The molecule has 1 aromatic carbocycles. The Morgan fingerprint density at radius 1 is 1.32 bits per heavy atom. The minimum atomic E-state index is -3.87. The van der Waals surface area contributed by atoms with E-state index in [1.807, 2.05) is 0 Å². The summed E-state index contributed by atoms with van der Waals surface area (Å²) >= 11 is 0. The fraction of sp³-hybridized carbons (Fsp3) is 0.556. The molecule has 7 heteroatoms. The zero-order valence-corrected chi connectivity index (χ0v) is 15.9. The summed E-state index contributed by atoms with van der Waals surface area (Å²) in [5, 5.41) is 9.60. The Morgan fingerprint density at radius 2 is 2.00 bits per heavy atom. The van der Waals surface area contributed by atoms with Crippen LogP contribution in [-0.2, 0) is 10.0 Å². The summed E-state index contributed by atoms with van der Waals surface area (Å²) in [6.45, 7) is 8.40. The molecular weight excluding hydrogens is 338 g/mol. The molecule has 2 bridgehead atoms. The highest BCUT2D eigenvalue weighted by Crippen LogP contribution is 2.63. The van der Waals surface area contributed by atoms with Crippen molar-refractivity contribution in [2.75, 3.05) is 0 Å². The molecular formula is C18H25N3O3S. The van der Waals surface area contributed by atoms with E-state index in [9.17, 15) is 13.2 Å². The predicted molar refractivity (Wildman–Crippen MR) is 96.7 cm³/mol. The topological polar surface area (TPSA) is 102 Å². The van der Waals surface area contributed by atoms with Gasteiger partial charge in [0, 0.05) is 16.7 Å². The van der Waals surface area contributed by atoms with Gasteiger partial charge in [0.2, 0.25) is 10.0 Å². The van der Waals surface area contributed by atoms with Crippen molar-refractivity contribution in [1.29, 1.82) is 0 Å². The van der Waals surface area contributed by atoms with E-state index in [2.05, 4.69) is 31.3 Å². The van der Waals surface area contributed by atoms with Crippen molar-refractivity contribution in [3.05, 3.63) is 29.3 Å². The number of carbonyl (C=O) groups excluding carboxylic acids is 1. The highest BCUT2D eigenvalue weighted by atomic mass is 32.2. The van der Waals surface area contributed by atoms with Crippen LogP contribution in [-0.4, -0.2) is 20.0 Å². The number of nitrogens with one attached hydrogen (secondary N) is 1. The molecule has 0 heterocycles. The average Bonchev–Trinajstić information content (AvgIpc) is 2.85. The second-order valence-corrected chi connectivity index (χ2v) is 9.55. The van der Waals surface area contributed by atoms with Crippen LogP contribution in [0.25, 0.3) is 0 Å². The first-order valence-corrected chi connectivity index (χ1v) is 10.0. The molecule has 2 atom stereocenters. The molecule has 0 spiro atoms. The molecule has 0 aliphatic heterocycles. The third-order valence-corrected chi connectivity index (χ3v) is 7.61. The van der Waals surface area contributed by atoms with Crippen molar-refractivity contribution in [2.45, 2.75) is 51.9 Å². The summed E-state index contributed by atoms with van der Waals surface area (Å²) < 4.78 is 23.2. The van der Waals surface area contributed by atoms with E-state index >= 15 is 0 Å². The standard InChI is InChI=1S/C18H25N3O3S/c1-11-5-6-12(9-14(11)25(19,23)24)16(22)21-20-15-10-13-7-8-18(15,4)17(13,2)3/h5-6,9,13H,7-8,10H2,1-4H3,(H,21,22)(H2,19,23,24)/b20-15-/t13-,18-/m0/s1. The summed E-state index contributed by atoms with van der Waals surface area (Å²) in [6, 6.07) is 4.45. The van der Waals surface area contributed by atoms with Crippen LogP contribution >= 0.6 is 0 Å². The lowest BCUT2D eigenvalue weighted by atomic mass is 9.70. The Kier molecular flexibility index (Phi) is 4.08. The van der Waals surface area contributed by atoms with E-state index in [-0.39, 0.29) is 21.3 Å². The van der Waals surface area contributed by atoms with Gasteiger partial charge in [0.25, 0.3) is 5.91 Å². The van der Waals surface area contributed by atoms with Gasteiger partial charge in [-0.1, -0.05) is 26.8 Å². The van der Waals surface area contributed by atoms with E-state index in [4.69, 9.17) is 5.14 Å². The lowest BCUT2D eigenvalue weighted by Crippen LogP contribution is -2.34. The number of primary sulfonamides is 1. The summed E-state index contributed by atoms with van der Waals surface area (Å²) in [4.78, 5) is 12.4. The number of nitrogens with two attached hydrogens (primary N) is 1. The van der Waals surface area contributed by atoms with Crippen molar-refractivity contribution in [3.8, 4) is 0 Å². The minimum Gasteiger partial charge on any atom is -0.267 e. The van der Waals surface area contributed by atoms with Crippen molar-refractivity contribution < 1.29 is 13.2 Å². The lowest BCUT2D eigenvalue weighted by molar-refractivity contribution is 0.0953. The molecule has 2 aliphatic rings. The number of carbonyl (C=O) groups is 1. The Hall–Kier alpha value is -1.73. The van der Waals surface area contributed by atoms with Gasteiger partial charge >= 0.3 is 0 Å². The van der Waals surface area contributed by atoms with Crippen molar-refractivity contribution in [2.24, 2.45) is 27.0 Å². The Labute approximate surface area is 148 Å². The Balaban J connectivity index is 1.83. The molecule has 0 aromatic heterocycles. The zero-order valence-electron chi connectivity index (χ0n) is 15.1. The molecule has 2 fully saturated rings. The van der Waals surface area contributed by atoms with E-state index in [1.54, 1.807) is 19.1 Å². The van der Waals surface area contributed by atoms with Gasteiger partial charge in [-0.3, -0.25) is 4.79 Å². The van der Waals surface area contributed by atoms with Gasteiger partial charge in [-0.25, -0.2) is 19.0 Å². The van der Waals surface area contributed by atoms with Crippen molar-refractivity contribution >= 4 is 21.6 Å². The molecule has 0 unspecified atom stereocenters. The van der Waals surface area contributed by atoms with Gasteiger partial charge in [-0.2, -0.15) is 5.10 Å². The quantitative estimate of drug-likeness (QED) is 0.807. The number of fused-ring (bicyclic) bond motifs is 2. The number of amides is 1. The minimum absolute atomic E-state index is 0.00395. The highest BCUT2D eigenvalue weighted by Gasteiger charge is 2.60. The van der Waals surface area contributed by atoms with Crippen LogP contribution in [0.15, 0.2) is 28.2 Å². The van der Waals surface area contributed by atoms with Crippen LogP contribution in [0.2, 0.25) is 0 Å². The maximum Gasteiger partial charge on any atom is 0.271 e. The van der Waals surface area contributed by atoms with Gasteiger partial charge < -0.3 is 0 Å². The molecule has 1 aromatic rings. The number of aryl methyl sites for hydroxylation is 1. The maximum atomic E-state index is 12.4. The van der Waals surface area contributed by atoms with Crippen LogP contribution in [0.5, 0.6) is 0 Å². The Bertz CT molecular complexity index is 874. The highest BCUT2D eigenvalue weighted by molar-refractivity contribution is 7.89. The molecule has 2 saturated carbocycles. The van der Waals surface area contributed by atoms with Crippen LogP contribution in [0, 0.1) is 23.7 Å². The molecule has 0 radical (unpaired) electrons. The lowest BCUT2D eigenvalue weighted by Gasteiger charge is -2.34. The number of hydrogen-bond donors (Lipinski definition) is 2. The molecule has 3 rings (SSSR count). The molecule has 6 nitrogen and oxygen atoms in total. The second kappa shape index (κ2) is 5.64. The van der Waals surface area contributed by atoms with E-state index in [0.29, 0.717) is 11.5 Å². The van der Waals surface area contributed by atoms with Crippen LogP contribution in [0.4, 0.5) is 0 Å². The second-order valence-electron chi connectivity index (χ2n) is 8.02. The molecule has 3 N–H and O–H groups in total. The van der Waals surface area contributed by atoms with Gasteiger partial charge in [0.1, 0.15) is 0 Å². The first kappa shape index (κ1) is 18.1. The zero-order chi connectivity index (χ0) is 18.6. The van der Waals surface area contributed by atoms with E-state index in [1.165, 1.54) is 12.5 Å². The number of sulfonamides is 1. The summed E-state index contributed by atoms with van der Waals surface area (Å²) in [6.07, 6.45) is 3.19. The number of nitrogens with zero attached hydrogens (tertiary/aromatic N) is 1. The molecule has 25 heavy (non-hydrogen) atoms. The summed E-state index contributed by atoms with van der Waals surface area (Å²) in [5.41, 5.74) is 4.55. The van der Waals surface area contributed by atoms with Gasteiger partial charge in [0.05, 0.1) is 4.90 Å². The molecule has 0 saturated heterocycles. The van der Waals surface area contributed by atoms with Gasteiger partial charge in [0.15, 0.2) is 0 Å². The van der Waals surface area contributed by atoms with E-state index in [0.717, 1.165) is 18.6 Å². The van der Waals surface area contributed by atoms with Crippen LogP contribution < -0.4 is 10.6 Å². The fourth-order valence-corrected chi connectivity index (χ4v) is 5.14. The van der Waals surface area contributed by atoms with Crippen molar-refractivity contribution in [3.63, 3.8) is 0 Å². The molecule has 1 amide bonds.